The van der Waals surface area contributed by atoms with Crippen LogP contribution in [0.15, 0.2) is 0 Å². The number of aliphatic hydroxyl groups excluding tert-OH is 2. The highest BCUT2D eigenvalue weighted by molar-refractivity contribution is 5.09. The summed E-state index contributed by atoms with van der Waals surface area (Å²) in [6, 6.07) is 0. The molecule has 0 amide bonds. The monoisotopic (exact) mass is 328 g/mol. The van der Waals surface area contributed by atoms with Gasteiger partial charge in [-0.05, 0) is 25.7 Å². The van der Waals surface area contributed by atoms with Crippen molar-refractivity contribution in [3.05, 3.63) is 0 Å². The quantitative estimate of drug-likeness (QED) is 0.799. The van der Waals surface area contributed by atoms with Crippen molar-refractivity contribution < 1.29 is 29.2 Å². The van der Waals surface area contributed by atoms with Crippen LogP contribution in [0.25, 0.3) is 0 Å². The summed E-state index contributed by atoms with van der Waals surface area (Å²) in [6.07, 6.45) is 2.41. The normalized spacial score (nSPS) is 47.5. The molecule has 4 fully saturated rings. The van der Waals surface area contributed by atoms with Gasteiger partial charge in [-0.1, -0.05) is 20.3 Å². The molecule has 0 bridgehead atoms. The SMILES string of the molecule is CCC1(CC)O[C@@H]2[C@@H](O)[C@@H]3OC4(CCCCC4)O[C@H]3[C@H](O)[C@@H]2O1. The van der Waals surface area contributed by atoms with Crippen LogP contribution < -0.4 is 0 Å². The van der Waals surface area contributed by atoms with Crippen LogP contribution in [-0.2, 0) is 18.9 Å². The maximum atomic E-state index is 10.8. The molecule has 4 aliphatic rings. The lowest BCUT2D eigenvalue weighted by Gasteiger charge is -2.38. The summed E-state index contributed by atoms with van der Waals surface area (Å²) < 4.78 is 24.4. The highest BCUT2D eigenvalue weighted by Crippen LogP contribution is 2.49. The fourth-order valence-electron chi connectivity index (χ4n) is 4.66. The van der Waals surface area contributed by atoms with Crippen LogP contribution in [0.2, 0.25) is 0 Å². The van der Waals surface area contributed by atoms with E-state index in [1.807, 2.05) is 13.8 Å². The Morgan fingerprint density at radius 1 is 0.739 bits per heavy atom. The maximum Gasteiger partial charge on any atom is 0.169 e. The molecule has 2 aliphatic heterocycles. The predicted molar refractivity (Wildman–Crippen MR) is 80.6 cm³/mol. The first-order chi connectivity index (χ1) is 11.0. The number of rotatable bonds is 2. The Bertz CT molecular complexity index is 414. The van der Waals surface area contributed by atoms with E-state index in [1.54, 1.807) is 0 Å². The Labute approximate surface area is 137 Å². The molecule has 2 heterocycles. The topological polar surface area (TPSA) is 77.4 Å². The first kappa shape index (κ1) is 16.2. The maximum absolute atomic E-state index is 10.8. The van der Waals surface area contributed by atoms with E-state index < -0.39 is 48.2 Å². The molecule has 2 saturated carbocycles. The van der Waals surface area contributed by atoms with Crippen molar-refractivity contribution in [3.63, 3.8) is 0 Å². The molecule has 4 rings (SSSR count). The zero-order valence-corrected chi connectivity index (χ0v) is 13.9. The second kappa shape index (κ2) is 5.64. The van der Waals surface area contributed by atoms with Gasteiger partial charge in [-0.3, -0.25) is 0 Å². The van der Waals surface area contributed by atoms with Gasteiger partial charge in [-0.15, -0.1) is 0 Å². The molecule has 0 aromatic carbocycles. The Hall–Kier alpha value is -0.240. The van der Waals surface area contributed by atoms with Gasteiger partial charge in [-0.2, -0.15) is 0 Å². The Kier molecular flexibility index (Phi) is 3.99. The van der Waals surface area contributed by atoms with Crippen molar-refractivity contribution in [1.82, 2.24) is 0 Å². The van der Waals surface area contributed by atoms with Crippen LogP contribution in [0.4, 0.5) is 0 Å². The molecule has 1 spiro atoms. The molecular formula is C17H28O6. The number of hydrogen-bond donors (Lipinski definition) is 2. The van der Waals surface area contributed by atoms with Crippen LogP contribution in [0.3, 0.4) is 0 Å². The van der Waals surface area contributed by atoms with Gasteiger partial charge in [0.15, 0.2) is 11.6 Å². The number of fused-ring (bicyclic) bond motifs is 2. The van der Waals surface area contributed by atoms with Gasteiger partial charge in [0, 0.05) is 12.8 Å². The number of aliphatic hydroxyl groups is 2. The van der Waals surface area contributed by atoms with Crippen molar-refractivity contribution in [1.29, 1.82) is 0 Å². The lowest BCUT2D eigenvalue weighted by Crippen LogP contribution is -2.61. The van der Waals surface area contributed by atoms with E-state index >= 15 is 0 Å². The van der Waals surface area contributed by atoms with Crippen molar-refractivity contribution in [3.8, 4) is 0 Å². The highest BCUT2D eigenvalue weighted by atomic mass is 16.8. The second-order valence-corrected chi connectivity index (χ2v) is 7.40. The smallest absolute Gasteiger partial charge is 0.169 e. The minimum atomic E-state index is -0.838. The van der Waals surface area contributed by atoms with E-state index in [2.05, 4.69) is 0 Å². The largest absolute Gasteiger partial charge is 0.387 e. The van der Waals surface area contributed by atoms with Crippen LogP contribution >= 0.6 is 0 Å². The van der Waals surface area contributed by atoms with Crippen molar-refractivity contribution in [2.24, 2.45) is 0 Å². The molecule has 23 heavy (non-hydrogen) atoms. The molecular weight excluding hydrogens is 300 g/mol. The summed E-state index contributed by atoms with van der Waals surface area (Å²) in [5, 5.41) is 21.6. The summed E-state index contributed by atoms with van der Waals surface area (Å²) in [5.41, 5.74) is 0. The Morgan fingerprint density at radius 2 is 1.17 bits per heavy atom. The highest BCUT2D eigenvalue weighted by Gasteiger charge is 2.64. The fraction of sp³-hybridized carbons (Fsp3) is 1.00. The summed E-state index contributed by atoms with van der Waals surface area (Å²) in [6.45, 7) is 3.98. The molecule has 6 heteroatoms. The van der Waals surface area contributed by atoms with E-state index in [4.69, 9.17) is 18.9 Å². The lowest BCUT2D eigenvalue weighted by atomic mass is 9.85. The summed E-state index contributed by atoms with van der Waals surface area (Å²) in [5.74, 6) is -1.36. The number of hydrogen-bond acceptors (Lipinski definition) is 6. The molecule has 0 unspecified atom stereocenters. The minimum Gasteiger partial charge on any atom is -0.387 e. The van der Waals surface area contributed by atoms with Gasteiger partial charge in [0.25, 0.3) is 0 Å². The summed E-state index contributed by atoms with van der Waals surface area (Å²) in [7, 11) is 0. The second-order valence-electron chi connectivity index (χ2n) is 7.40. The number of ether oxygens (including phenoxy) is 4. The molecule has 0 radical (unpaired) electrons. The van der Waals surface area contributed by atoms with E-state index in [0.29, 0.717) is 12.8 Å². The first-order valence-electron chi connectivity index (χ1n) is 9.10. The third-order valence-electron chi connectivity index (χ3n) is 6.09. The Morgan fingerprint density at radius 3 is 1.61 bits per heavy atom. The molecule has 132 valence electrons. The van der Waals surface area contributed by atoms with Crippen LogP contribution in [0.5, 0.6) is 0 Å². The zero-order valence-electron chi connectivity index (χ0n) is 13.9. The summed E-state index contributed by atoms with van der Waals surface area (Å²) in [4.78, 5) is 0. The average molecular weight is 328 g/mol. The minimum absolute atomic E-state index is 0.544. The lowest BCUT2D eigenvalue weighted by molar-refractivity contribution is -0.218. The third kappa shape index (κ3) is 2.38. The van der Waals surface area contributed by atoms with E-state index in [0.717, 1.165) is 25.7 Å². The zero-order chi connectivity index (χ0) is 16.2. The molecule has 0 aromatic rings. The molecule has 2 aliphatic carbocycles. The van der Waals surface area contributed by atoms with Crippen molar-refractivity contribution in [2.75, 3.05) is 0 Å². The van der Waals surface area contributed by atoms with Crippen molar-refractivity contribution in [2.45, 2.75) is 107 Å². The van der Waals surface area contributed by atoms with Gasteiger partial charge >= 0.3 is 0 Å². The first-order valence-corrected chi connectivity index (χ1v) is 9.10. The van der Waals surface area contributed by atoms with Gasteiger partial charge in [0.2, 0.25) is 0 Å². The van der Waals surface area contributed by atoms with Crippen LogP contribution in [0.1, 0.15) is 58.8 Å². The fourth-order valence-corrected chi connectivity index (χ4v) is 4.66. The summed E-state index contributed by atoms with van der Waals surface area (Å²) >= 11 is 0. The molecule has 6 atom stereocenters. The van der Waals surface area contributed by atoms with Gasteiger partial charge in [0.05, 0.1) is 0 Å². The molecule has 6 nitrogen and oxygen atoms in total. The van der Waals surface area contributed by atoms with E-state index in [1.165, 1.54) is 6.42 Å². The van der Waals surface area contributed by atoms with E-state index in [-0.39, 0.29) is 0 Å². The van der Waals surface area contributed by atoms with Crippen molar-refractivity contribution >= 4 is 0 Å². The van der Waals surface area contributed by atoms with Gasteiger partial charge < -0.3 is 29.2 Å². The molecule has 2 N–H and O–H groups in total. The van der Waals surface area contributed by atoms with E-state index in [9.17, 15) is 10.2 Å². The van der Waals surface area contributed by atoms with Crippen LogP contribution in [0, 0.1) is 0 Å². The molecule has 2 saturated heterocycles. The van der Waals surface area contributed by atoms with Gasteiger partial charge in [0.1, 0.15) is 36.6 Å². The van der Waals surface area contributed by atoms with Crippen LogP contribution in [-0.4, -0.2) is 58.4 Å². The average Bonchev–Trinajstić information content (AvgIpc) is 3.14. The Balaban J connectivity index is 1.57. The molecule has 0 aromatic heterocycles. The standard InChI is InChI=1S/C17H28O6/c1-3-16(4-2)20-12-10(18)14-15(11(19)13(12)21-16)23-17(22-14)8-6-5-7-9-17/h10-15,18-19H,3-9H2,1-2H3/t10-,11-,12-,13+,14+,15+/m1/s1. The van der Waals surface area contributed by atoms with Gasteiger partial charge in [-0.25, -0.2) is 0 Å². The predicted octanol–water partition coefficient (Wildman–Crippen LogP) is 1.47. The third-order valence-corrected chi connectivity index (χ3v) is 6.09.